The van der Waals surface area contributed by atoms with Gasteiger partial charge in [0.25, 0.3) is 5.22 Å². The lowest BCUT2D eigenvalue weighted by molar-refractivity contribution is 0.465. The first-order valence-corrected chi connectivity index (χ1v) is 10.5. The predicted molar refractivity (Wildman–Crippen MR) is 115 cm³/mol. The summed E-state index contributed by atoms with van der Waals surface area (Å²) in [5, 5.41) is 8.86. The largest absolute Gasteiger partial charge is 0.441 e. The fourth-order valence-corrected chi connectivity index (χ4v) is 3.66. The summed E-state index contributed by atoms with van der Waals surface area (Å²) < 4.78 is 11.6. The summed E-state index contributed by atoms with van der Waals surface area (Å²) >= 11 is 1.46. The van der Waals surface area contributed by atoms with Gasteiger partial charge < -0.3 is 8.83 Å². The Kier molecular flexibility index (Phi) is 5.28. The van der Waals surface area contributed by atoms with Crippen molar-refractivity contribution in [3.05, 3.63) is 71.6 Å². The monoisotopic (exact) mass is 405 g/mol. The molecule has 5 nitrogen and oxygen atoms in total. The second kappa shape index (κ2) is 7.87. The zero-order chi connectivity index (χ0) is 20.4. The molecular formula is C23H23N3O2S. The van der Waals surface area contributed by atoms with Crippen molar-refractivity contribution in [2.24, 2.45) is 0 Å². The highest BCUT2D eigenvalue weighted by molar-refractivity contribution is 7.98. The van der Waals surface area contributed by atoms with Crippen LogP contribution in [0.4, 0.5) is 0 Å². The lowest BCUT2D eigenvalue weighted by Gasteiger charge is -2.18. The number of rotatable bonds is 5. The molecule has 0 saturated carbocycles. The van der Waals surface area contributed by atoms with Gasteiger partial charge in [0.2, 0.25) is 11.8 Å². The Morgan fingerprint density at radius 2 is 1.52 bits per heavy atom. The fraction of sp³-hybridized carbons (Fsp3) is 0.261. The smallest absolute Gasteiger partial charge is 0.277 e. The molecule has 0 aliphatic rings. The molecule has 0 fully saturated rings. The van der Waals surface area contributed by atoms with E-state index >= 15 is 0 Å². The van der Waals surface area contributed by atoms with Crippen LogP contribution in [0.1, 0.15) is 37.8 Å². The van der Waals surface area contributed by atoms with E-state index in [4.69, 9.17) is 8.83 Å². The van der Waals surface area contributed by atoms with Gasteiger partial charge in [-0.1, -0.05) is 62.9 Å². The quantitative estimate of drug-likeness (QED) is 0.364. The second-order valence-electron chi connectivity index (χ2n) is 7.88. The van der Waals surface area contributed by atoms with Crippen LogP contribution < -0.4 is 0 Å². The number of hydrogen-bond donors (Lipinski definition) is 0. The molecular weight excluding hydrogens is 382 g/mol. The molecule has 4 rings (SSSR count). The summed E-state index contributed by atoms with van der Waals surface area (Å²) in [5.41, 5.74) is 4.14. The molecule has 0 unspecified atom stereocenters. The SMILES string of the molecule is Cc1oc(-c2ccccc2)nc1CSc1nnc(-c2ccc(C(C)(C)C)cc2)o1. The number of nitrogens with zero attached hydrogens (tertiary/aromatic N) is 3. The van der Waals surface area contributed by atoms with Crippen LogP contribution in [0.25, 0.3) is 22.9 Å². The van der Waals surface area contributed by atoms with Crippen molar-refractivity contribution in [2.45, 2.75) is 44.1 Å². The zero-order valence-electron chi connectivity index (χ0n) is 17.0. The summed E-state index contributed by atoms with van der Waals surface area (Å²) in [6.45, 7) is 8.50. The van der Waals surface area contributed by atoms with Crippen molar-refractivity contribution in [1.82, 2.24) is 15.2 Å². The van der Waals surface area contributed by atoms with Crippen molar-refractivity contribution < 1.29 is 8.83 Å². The third-order valence-corrected chi connectivity index (χ3v) is 5.48. The minimum absolute atomic E-state index is 0.114. The number of thioether (sulfide) groups is 1. The third-order valence-electron chi connectivity index (χ3n) is 4.65. The van der Waals surface area contributed by atoms with Gasteiger partial charge in [0, 0.05) is 16.9 Å². The summed E-state index contributed by atoms with van der Waals surface area (Å²) in [4.78, 5) is 4.62. The van der Waals surface area contributed by atoms with Gasteiger partial charge in [-0.05, 0) is 42.2 Å². The van der Waals surface area contributed by atoms with Crippen LogP contribution in [0.3, 0.4) is 0 Å². The highest BCUT2D eigenvalue weighted by Crippen LogP contribution is 2.30. The van der Waals surface area contributed by atoms with Gasteiger partial charge in [-0.25, -0.2) is 4.98 Å². The number of hydrogen-bond acceptors (Lipinski definition) is 6. The molecule has 2 aromatic heterocycles. The van der Waals surface area contributed by atoms with Crippen molar-refractivity contribution >= 4 is 11.8 Å². The lowest BCUT2D eigenvalue weighted by Crippen LogP contribution is -2.10. The van der Waals surface area contributed by atoms with Crippen molar-refractivity contribution in [3.8, 4) is 22.9 Å². The number of benzene rings is 2. The second-order valence-corrected chi connectivity index (χ2v) is 8.80. The van der Waals surface area contributed by atoms with E-state index in [1.165, 1.54) is 17.3 Å². The number of aryl methyl sites for hydroxylation is 1. The van der Waals surface area contributed by atoms with Crippen LogP contribution in [0.2, 0.25) is 0 Å². The Morgan fingerprint density at radius 1 is 0.828 bits per heavy atom. The maximum Gasteiger partial charge on any atom is 0.277 e. The maximum absolute atomic E-state index is 5.83. The molecule has 0 bridgehead atoms. The summed E-state index contributed by atoms with van der Waals surface area (Å²) in [6.07, 6.45) is 0. The van der Waals surface area contributed by atoms with Crippen LogP contribution in [0.5, 0.6) is 0 Å². The van der Waals surface area contributed by atoms with Crippen molar-refractivity contribution in [2.75, 3.05) is 0 Å². The fourth-order valence-electron chi connectivity index (χ4n) is 2.89. The first-order valence-electron chi connectivity index (χ1n) is 9.49. The van der Waals surface area contributed by atoms with Gasteiger partial charge in [-0.3, -0.25) is 0 Å². The van der Waals surface area contributed by atoms with Crippen LogP contribution >= 0.6 is 11.8 Å². The highest BCUT2D eigenvalue weighted by atomic mass is 32.2. The van der Waals surface area contributed by atoms with Crippen LogP contribution in [-0.2, 0) is 11.2 Å². The minimum atomic E-state index is 0.114. The topological polar surface area (TPSA) is 65.0 Å². The zero-order valence-corrected chi connectivity index (χ0v) is 17.8. The summed E-state index contributed by atoms with van der Waals surface area (Å²) in [5.74, 6) is 2.56. The Balaban J connectivity index is 1.44. The molecule has 2 heterocycles. The minimum Gasteiger partial charge on any atom is -0.441 e. The van der Waals surface area contributed by atoms with Crippen LogP contribution in [0.15, 0.2) is 68.7 Å². The number of oxazole rings is 1. The Bertz CT molecular complexity index is 1090. The lowest BCUT2D eigenvalue weighted by atomic mass is 9.87. The van der Waals surface area contributed by atoms with E-state index in [1.807, 2.05) is 49.4 Å². The van der Waals surface area contributed by atoms with Crippen LogP contribution in [0, 0.1) is 6.92 Å². The van der Waals surface area contributed by atoms with Gasteiger partial charge in [-0.15, -0.1) is 10.2 Å². The predicted octanol–water partition coefficient (Wildman–Crippen LogP) is 6.29. The molecule has 4 aromatic rings. The summed E-state index contributed by atoms with van der Waals surface area (Å²) in [6, 6.07) is 18.1. The van der Waals surface area contributed by atoms with E-state index < -0.39 is 0 Å². The van der Waals surface area contributed by atoms with Crippen molar-refractivity contribution in [3.63, 3.8) is 0 Å². The highest BCUT2D eigenvalue weighted by Gasteiger charge is 2.16. The van der Waals surface area contributed by atoms with E-state index in [0.717, 1.165) is 22.6 Å². The van der Waals surface area contributed by atoms with E-state index in [2.05, 4.69) is 48.1 Å². The molecule has 0 aliphatic carbocycles. The van der Waals surface area contributed by atoms with Crippen LogP contribution in [-0.4, -0.2) is 15.2 Å². The Labute approximate surface area is 174 Å². The van der Waals surface area contributed by atoms with Crippen molar-refractivity contribution in [1.29, 1.82) is 0 Å². The first-order chi connectivity index (χ1) is 13.9. The molecule has 29 heavy (non-hydrogen) atoms. The molecule has 148 valence electrons. The molecule has 0 radical (unpaired) electrons. The molecule has 0 amide bonds. The molecule has 2 aromatic carbocycles. The van der Waals surface area contributed by atoms with Gasteiger partial charge >= 0.3 is 0 Å². The number of aromatic nitrogens is 3. The maximum atomic E-state index is 5.83. The molecule has 6 heteroatoms. The third kappa shape index (κ3) is 4.43. The first kappa shape index (κ1) is 19.5. The van der Waals surface area contributed by atoms with E-state index in [1.54, 1.807) is 0 Å². The standard InChI is InChI=1S/C23H23N3O2S/c1-15-19(24-20(27-15)16-8-6-5-7-9-16)14-29-22-26-25-21(28-22)17-10-12-18(13-11-17)23(2,3)4/h5-13H,14H2,1-4H3. The Hall–Kier alpha value is -2.86. The molecule has 0 atom stereocenters. The van der Waals surface area contributed by atoms with Gasteiger partial charge in [0.15, 0.2) is 0 Å². The average molecular weight is 406 g/mol. The molecule has 0 spiro atoms. The summed E-state index contributed by atoms with van der Waals surface area (Å²) in [7, 11) is 0. The van der Waals surface area contributed by atoms with E-state index in [9.17, 15) is 0 Å². The molecule has 0 saturated heterocycles. The average Bonchev–Trinajstić information content (AvgIpc) is 3.33. The van der Waals surface area contributed by atoms with Gasteiger partial charge in [-0.2, -0.15) is 0 Å². The molecule has 0 aliphatic heterocycles. The van der Waals surface area contributed by atoms with Gasteiger partial charge in [0.05, 0.1) is 5.69 Å². The molecule has 0 N–H and O–H groups in total. The van der Waals surface area contributed by atoms with Gasteiger partial charge in [0.1, 0.15) is 5.76 Å². The Morgan fingerprint density at radius 3 is 2.21 bits per heavy atom. The van der Waals surface area contributed by atoms with E-state index in [0.29, 0.717) is 22.8 Å². The normalized spacial score (nSPS) is 11.7. The van der Waals surface area contributed by atoms with E-state index in [-0.39, 0.29) is 5.41 Å².